The smallest absolute Gasteiger partial charge is 0.163 e. The van der Waals surface area contributed by atoms with Crippen LogP contribution in [-0.4, -0.2) is 5.78 Å². The third-order valence-electron chi connectivity index (χ3n) is 4.13. The lowest BCUT2D eigenvalue weighted by Gasteiger charge is -2.07. The predicted octanol–water partition coefficient (Wildman–Crippen LogP) is 5.34. The number of unbranched alkanes of at least 4 members (excludes halogenated alkanes) is 3. The van der Waals surface area contributed by atoms with E-state index in [4.69, 9.17) is 0 Å². The molecule has 0 saturated heterocycles. The van der Waals surface area contributed by atoms with Crippen LogP contribution in [-0.2, 0) is 11.2 Å². The van der Waals surface area contributed by atoms with Gasteiger partial charge >= 0.3 is 0 Å². The summed E-state index contributed by atoms with van der Waals surface area (Å²) in [6, 6.07) is 8.43. The van der Waals surface area contributed by atoms with Crippen molar-refractivity contribution in [2.45, 2.75) is 65.2 Å². The molecule has 0 spiro atoms. The zero-order chi connectivity index (χ0) is 14.4. The van der Waals surface area contributed by atoms with E-state index in [1.165, 1.54) is 36.0 Å². The molecule has 1 aromatic carbocycles. The maximum atomic E-state index is 12.6. The lowest BCUT2D eigenvalue weighted by Crippen LogP contribution is -2.02. The van der Waals surface area contributed by atoms with Gasteiger partial charge in [0.25, 0.3) is 0 Å². The summed E-state index contributed by atoms with van der Waals surface area (Å²) in [4.78, 5) is 12.6. The third-order valence-corrected chi connectivity index (χ3v) is 4.13. The second-order valence-corrected chi connectivity index (χ2v) is 5.80. The minimum Gasteiger partial charge on any atom is -0.294 e. The Balaban J connectivity index is 2.12. The summed E-state index contributed by atoms with van der Waals surface area (Å²) < 4.78 is 0. The van der Waals surface area contributed by atoms with Gasteiger partial charge in [-0.25, -0.2) is 0 Å². The molecule has 0 aromatic heterocycles. The van der Waals surface area contributed by atoms with Gasteiger partial charge in [0.2, 0.25) is 0 Å². The highest BCUT2D eigenvalue weighted by atomic mass is 16.1. The molecule has 0 bridgehead atoms. The lowest BCUT2D eigenvalue weighted by atomic mass is 9.96. The van der Waals surface area contributed by atoms with Crippen molar-refractivity contribution in [2.75, 3.05) is 0 Å². The van der Waals surface area contributed by atoms with Gasteiger partial charge in [-0.05, 0) is 30.4 Å². The fourth-order valence-electron chi connectivity index (χ4n) is 3.13. The van der Waals surface area contributed by atoms with E-state index < -0.39 is 0 Å². The zero-order valence-electron chi connectivity index (χ0n) is 12.9. The molecular formula is C19H26O. The number of Topliss-reactive ketones (excluding diaryl/α,β-unsaturated/α-hetero) is 1. The van der Waals surface area contributed by atoms with E-state index in [-0.39, 0.29) is 0 Å². The lowest BCUT2D eigenvalue weighted by molar-refractivity contribution is -0.113. The highest BCUT2D eigenvalue weighted by Crippen LogP contribution is 2.36. The van der Waals surface area contributed by atoms with Crippen molar-refractivity contribution in [1.82, 2.24) is 0 Å². The standard InChI is InChI=1S/C19H26O/c1-3-5-6-7-13-18(20)19-16(10-4-2)14-15-11-8-9-12-17(15)19/h8-9,11-12H,3-7,10,13-14H2,1-2H3. The second-order valence-electron chi connectivity index (χ2n) is 5.80. The Hall–Kier alpha value is -1.37. The van der Waals surface area contributed by atoms with Crippen LogP contribution in [0.15, 0.2) is 29.8 Å². The summed E-state index contributed by atoms with van der Waals surface area (Å²) in [6.45, 7) is 4.40. The van der Waals surface area contributed by atoms with Gasteiger partial charge in [0.1, 0.15) is 0 Å². The van der Waals surface area contributed by atoms with E-state index >= 15 is 0 Å². The molecule has 0 fully saturated rings. The Labute approximate surface area is 123 Å². The van der Waals surface area contributed by atoms with Crippen LogP contribution in [0.25, 0.3) is 5.57 Å². The van der Waals surface area contributed by atoms with E-state index in [9.17, 15) is 4.79 Å². The molecule has 0 saturated carbocycles. The maximum absolute atomic E-state index is 12.6. The molecule has 1 nitrogen and oxygen atoms in total. The van der Waals surface area contributed by atoms with Crippen molar-refractivity contribution in [2.24, 2.45) is 0 Å². The van der Waals surface area contributed by atoms with E-state index in [0.29, 0.717) is 5.78 Å². The molecule has 1 aliphatic carbocycles. The molecule has 0 amide bonds. The van der Waals surface area contributed by atoms with Crippen molar-refractivity contribution in [1.29, 1.82) is 0 Å². The van der Waals surface area contributed by atoms with Gasteiger partial charge in [-0.15, -0.1) is 0 Å². The van der Waals surface area contributed by atoms with Crippen molar-refractivity contribution in [3.63, 3.8) is 0 Å². The molecule has 0 atom stereocenters. The van der Waals surface area contributed by atoms with Crippen molar-refractivity contribution in [3.8, 4) is 0 Å². The summed E-state index contributed by atoms with van der Waals surface area (Å²) >= 11 is 0. The first-order chi connectivity index (χ1) is 9.77. The number of benzene rings is 1. The van der Waals surface area contributed by atoms with Crippen molar-refractivity contribution >= 4 is 11.4 Å². The van der Waals surface area contributed by atoms with Crippen LogP contribution in [0.4, 0.5) is 0 Å². The van der Waals surface area contributed by atoms with Gasteiger partial charge in [-0.2, -0.15) is 0 Å². The van der Waals surface area contributed by atoms with Crippen LogP contribution in [0.3, 0.4) is 0 Å². The fourth-order valence-corrected chi connectivity index (χ4v) is 3.13. The SMILES string of the molecule is CCCCCCC(=O)C1=C(CCC)Cc2ccccc21. The molecule has 20 heavy (non-hydrogen) atoms. The molecule has 108 valence electrons. The molecule has 0 unspecified atom stereocenters. The van der Waals surface area contributed by atoms with Crippen molar-refractivity contribution < 1.29 is 4.79 Å². The summed E-state index contributed by atoms with van der Waals surface area (Å²) in [6.07, 6.45) is 8.57. The number of fused-ring (bicyclic) bond motifs is 1. The Morgan fingerprint density at radius 3 is 2.60 bits per heavy atom. The third kappa shape index (κ3) is 3.39. The van der Waals surface area contributed by atoms with Gasteiger partial charge in [0.05, 0.1) is 0 Å². The van der Waals surface area contributed by atoms with E-state index in [0.717, 1.165) is 37.7 Å². The Morgan fingerprint density at radius 2 is 1.85 bits per heavy atom. The maximum Gasteiger partial charge on any atom is 0.163 e. The normalized spacial score (nSPS) is 13.7. The number of carbonyl (C=O) groups is 1. The Morgan fingerprint density at radius 1 is 1.05 bits per heavy atom. The first-order valence-electron chi connectivity index (χ1n) is 8.11. The van der Waals surface area contributed by atoms with E-state index in [2.05, 4.69) is 38.1 Å². The molecule has 0 aliphatic heterocycles. The predicted molar refractivity (Wildman–Crippen MR) is 85.7 cm³/mol. The number of allylic oxidation sites excluding steroid dienone is 2. The average molecular weight is 270 g/mol. The van der Waals surface area contributed by atoms with Gasteiger partial charge in [-0.1, -0.05) is 69.4 Å². The van der Waals surface area contributed by atoms with Crippen molar-refractivity contribution in [3.05, 3.63) is 41.0 Å². The monoisotopic (exact) mass is 270 g/mol. The minimum absolute atomic E-state index is 0.370. The zero-order valence-corrected chi connectivity index (χ0v) is 12.9. The first-order valence-corrected chi connectivity index (χ1v) is 8.11. The van der Waals surface area contributed by atoms with Gasteiger partial charge in [0.15, 0.2) is 5.78 Å². The van der Waals surface area contributed by atoms with E-state index in [1.807, 2.05) is 0 Å². The average Bonchev–Trinajstić information content (AvgIpc) is 2.82. The number of rotatable bonds is 8. The summed E-state index contributed by atoms with van der Waals surface area (Å²) in [5.74, 6) is 0.370. The van der Waals surface area contributed by atoms with Crippen LogP contribution < -0.4 is 0 Å². The number of hydrogen-bond donors (Lipinski definition) is 0. The molecule has 0 radical (unpaired) electrons. The van der Waals surface area contributed by atoms with Crippen LogP contribution in [0.2, 0.25) is 0 Å². The van der Waals surface area contributed by atoms with Gasteiger partial charge < -0.3 is 0 Å². The number of carbonyl (C=O) groups excluding carboxylic acids is 1. The summed E-state index contributed by atoms with van der Waals surface area (Å²) in [5.41, 5.74) is 4.97. The van der Waals surface area contributed by atoms with Crippen LogP contribution in [0, 0.1) is 0 Å². The summed E-state index contributed by atoms with van der Waals surface area (Å²) in [7, 11) is 0. The highest BCUT2D eigenvalue weighted by molar-refractivity contribution is 6.23. The van der Waals surface area contributed by atoms with Crippen LogP contribution in [0.1, 0.15) is 69.9 Å². The summed E-state index contributed by atoms with van der Waals surface area (Å²) in [5, 5.41) is 0. The minimum atomic E-state index is 0.370. The number of hydrogen-bond acceptors (Lipinski definition) is 1. The molecular weight excluding hydrogens is 244 g/mol. The Kier molecular flexibility index (Phi) is 5.58. The molecule has 1 aliphatic rings. The van der Waals surface area contributed by atoms with Gasteiger partial charge in [-0.3, -0.25) is 4.79 Å². The molecule has 2 rings (SSSR count). The molecule has 1 aromatic rings. The Bertz CT molecular complexity index is 496. The number of ketones is 1. The quantitative estimate of drug-likeness (QED) is 0.583. The van der Waals surface area contributed by atoms with Crippen LogP contribution >= 0.6 is 0 Å². The topological polar surface area (TPSA) is 17.1 Å². The molecule has 1 heteroatoms. The highest BCUT2D eigenvalue weighted by Gasteiger charge is 2.24. The van der Waals surface area contributed by atoms with Crippen LogP contribution in [0.5, 0.6) is 0 Å². The largest absolute Gasteiger partial charge is 0.294 e. The second kappa shape index (κ2) is 7.42. The first kappa shape index (κ1) is 15.0. The fraction of sp³-hybridized carbons (Fsp3) is 0.526. The molecule has 0 heterocycles. The van der Waals surface area contributed by atoms with E-state index in [1.54, 1.807) is 0 Å². The van der Waals surface area contributed by atoms with Gasteiger partial charge in [0, 0.05) is 12.0 Å². The molecule has 0 N–H and O–H groups in total.